The van der Waals surface area contributed by atoms with Gasteiger partial charge in [0.2, 0.25) is 0 Å². The Hall–Kier alpha value is 0.634. The molecule has 0 amide bonds. The van der Waals surface area contributed by atoms with Crippen LogP contribution in [0, 0.1) is 0 Å². The predicted octanol–water partition coefficient (Wildman–Crippen LogP) is 0.882. The minimum Gasteiger partial charge on any atom is -0.252 e. The van der Waals surface area contributed by atoms with Gasteiger partial charge in [-0.05, 0) is 13.8 Å². The Balaban J connectivity index is 0. The van der Waals surface area contributed by atoms with E-state index >= 15 is 0 Å². The molecule has 0 aliphatic rings. The molecule has 0 aliphatic heterocycles. The first-order valence-corrected chi connectivity index (χ1v) is 1.57. The Bertz CT molecular complexity index is 22.8. The van der Waals surface area contributed by atoms with Crippen molar-refractivity contribution in [2.24, 2.45) is 0 Å². The second-order valence-electron chi connectivity index (χ2n) is 1.15. The van der Waals surface area contributed by atoms with Crippen LogP contribution >= 0.6 is 0 Å². The summed E-state index contributed by atoms with van der Waals surface area (Å²) in [6.07, 6.45) is -0.0602. The number of hydrogen-bond acceptors (Lipinski definition) is 2. The van der Waals surface area contributed by atoms with Crippen LogP contribution in [0.3, 0.4) is 0 Å². The van der Waals surface area contributed by atoms with E-state index in [1.807, 2.05) is 0 Å². The van der Waals surface area contributed by atoms with E-state index in [-0.39, 0.29) is 27.8 Å². The van der Waals surface area contributed by atoms with E-state index in [0.717, 1.165) is 0 Å². The van der Waals surface area contributed by atoms with Crippen LogP contribution in [-0.4, -0.2) is 11.4 Å². The molecule has 3 heteroatoms. The summed E-state index contributed by atoms with van der Waals surface area (Å²) in [7, 11) is 0. The maximum Gasteiger partial charge on any atom is 0.0871 e. The SMILES string of the molecule is CC(C)OO.[Ti]. The monoisotopic (exact) mass is 124 g/mol. The number of hydrogen-bond donors (Lipinski definition) is 1. The molecule has 0 rings (SSSR count). The second-order valence-corrected chi connectivity index (χ2v) is 1.15. The summed E-state index contributed by atoms with van der Waals surface area (Å²) in [4.78, 5) is 3.75. The van der Waals surface area contributed by atoms with Crippen molar-refractivity contribution in [2.45, 2.75) is 20.0 Å². The van der Waals surface area contributed by atoms with Crippen molar-refractivity contribution in [1.82, 2.24) is 0 Å². The van der Waals surface area contributed by atoms with Crippen LogP contribution in [0.5, 0.6) is 0 Å². The van der Waals surface area contributed by atoms with Gasteiger partial charge in [-0.2, -0.15) is 0 Å². The minimum absolute atomic E-state index is 0. The molecule has 0 aromatic rings. The van der Waals surface area contributed by atoms with Crippen molar-refractivity contribution in [3.05, 3.63) is 0 Å². The van der Waals surface area contributed by atoms with Crippen molar-refractivity contribution < 1.29 is 31.9 Å². The molecule has 0 saturated heterocycles. The van der Waals surface area contributed by atoms with Gasteiger partial charge in [0.15, 0.2) is 0 Å². The third kappa shape index (κ3) is 8.82. The van der Waals surface area contributed by atoms with Gasteiger partial charge in [-0.1, -0.05) is 0 Å². The molecule has 0 atom stereocenters. The summed E-state index contributed by atoms with van der Waals surface area (Å²) in [6.45, 7) is 3.50. The summed E-state index contributed by atoms with van der Waals surface area (Å²) in [5.74, 6) is 0. The zero-order valence-corrected chi connectivity index (χ0v) is 5.49. The van der Waals surface area contributed by atoms with E-state index in [1.165, 1.54) is 0 Å². The van der Waals surface area contributed by atoms with Crippen LogP contribution < -0.4 is 0 Å². The van der Waals surface area contributed by atoms with Crippen molar-refractivity contribution in [3.63, 3.8) is 0 Å². The van der Waals surface area contributed by atoms with Crippen LogP contribution in [-0.2, 0) is 26.6 Å². The van der Waals surface area contributed by atoms with Crippen molar-refractivity contribution in [2.75, 3.05) is 0 Å². The van der Waals surface area contributed by atoms with E-state index in [2.05, 4.69) is 4.89 Å². The van der Waals surface area contributed by atoms with Gasteiger partial charge in [-0.25, -0.2) is 4.89 Å². The van der Waals surface area contributed by atoms with Crippen molar-refractivity contribution in [3.8, 4) is 0 Å². The fourth-order valence-electron chi connectivity index (χ4n) is 0. The Morgan fingerprint density at radius 1 is 1.50 bits per heavy atom. The molecule has 1 N–H and O–H groups in total. The molecule has 36 valence electrons. The van der Waals surface area contributed by atoms with Crippen molar-refractivity contribution in [1.29, 1.82) is 0 Å². The summed E-state index contributed by atoms with van der Waals surface area (Å²) in [5.41, 5.74) is 0. The molecule has 0 fully saturated rings. The van der Waals surface area contributed by atoms with Crippen molar-refractivity contribution >= 4 is 0 Å². The topological polar surface area (TPSA) is 29.5 Å². The quantitative estimate of drug-likeness (QED) is 0.319. The first kappa shape index (κ1) is 9.81. The smallest absolute Gasteiger partial charge is 0.0871 e. The van der Waals surface area contributed by atoms with Gasteiger partial charge in [-0.15, -0.1) is 0 Å². The first-order chi connectivity index (χ1) is 2.27. The molecule has 0 bridgehead atoms. The van der Waals surface area contributed by atoms with Crippen LogP contribution in [0.2, 0.25) is 0 Å². The standard InChI is InChI=1S/C3H8O2.Ti/c1-3(2)5-4;/h3-4H,1-2H3;. The van der Waals surface area contributed by atoms with Gasteiger partial charge in [0.25, 0.3) is 0 Å². The molecule has 0 aromatic heterocycles. The normalized spacial score (nSPS) is 8.00. The third-order valence-corrected chi connectivity index (χ3v) is 0.211. The molecule has 2 nitrogen and oxygen atoms in total. The average Bonchev–Trinajstić information content (AvgIpc) is 1.38. The van der Waals surface area contributed by atoms with Gasteiger partial charge in [0.05, 0.1) is 6.10 Å². The molecule has 0 heterocycles. The fourth-order valence-corrected chi connectivity index (χ4v) is 0. The molecule has 6 heavy (non-hydrogen) atoms. The molecule has 0 saturated carbocycles. The molecule has 0 radical (unpaired) electrons. The molecule has 0 spiro atoms. The molecule has 0 aliphatic carbocycles. The molecule has 0 aromatic carbocycles. The Labute approximate surface area is 52.3 Å². The average molecular weight is 124 g/mol. The minimum atomic E-state index is -0.0602. The summed E-state index contributed by atoms with van der Waals surface area (Å²) < 4.78 is 0. The van der Waals surface area contributed by atoms with Crippen LogP contribution in [0.4, 0.5) is 0 Å². The van der Waals surface area contributed by atoms with E-state index in [0.29, 0.717) is 0 Å². The summed E-state index contributed by atoms with van der Waals surface area (Å²) in [6, 6.07) is 0. The maximum absolute atomic E-state index is 7.64. The van der Waals surface area contributed by atoms with E-state index in [4.69, 9.17) is 5.26 Å². The number of rotatable bonds is 1. The van der Waals surface area contributed by atoms with E-state index in [9.17, 15) is 0 Å². The molecule has 0 unspecified atom stereocenters. The summed E-state index contributed by atoms with van der Waals surface area (Å²) in [5, 5.41) is 7.64. The fraction of sp³-hybridized carbons (Fsp3) is 1.00. The van der Waals surface area contributed by atoms with E-state index < -0.39 is 0 Å². The summed E-state index contributed by atoms with van der Waals surface area (Å²) >= 11 is 0. The second kappa shape index (κ2) is 5.63. The largest absolute Gasteiger partial charge is 0.252 e. The first-order valence-electron chi connectivity index (χ1n) is 1.57. The Morgan fingerprint density at radius 3 is 1.67 bits per heavy atom. The van der Waals surface area contributed by atoms with E-state index in [1.54, 1.807) is 13.8 Å². The maximum atomic E-state index is 7.64. The van der Waals surface area contributed by atoms with Crippen LogP contribution in [0.25, 0.3) is 0 Å². The van der Waals surface area contributed by atoms with Gasteiger partial charge < -0.3 is 0 Å². The van der Waals surface area contributed by atoms with Gasteiger partial charge in [0, 0.05) is 21.7 Å². The Kier molecular flexibility index (Phi) is 9.21. The van der Waals surface area contributed by atoms with Crippen LogP contribution in [0.15, 0.2) is 0 Å². The zero-order chi connectivity index (χ0) is 4.28. The molecular formula is C3H8O2Ti. The zero-order valence-electron chi connectivity index (χ0n) is 3.93. The van der Waals surface area contributed by atoms with Crippen LogP contribution in [0.1, 0.15) is 13.8 Å². The molecular weight excluding hydrogens is 116 g/mol. The van der Waals surface area contributed by atoms with Gasteiger partial charge in [-0.3, -0.25) is 5.26 Å². The van der Waals surface area contributed by atoms with Gasteiger partial charge >= 0.3 is 0 Å². The predicted molar refractivity (Wildman–Crippen MR) is 18.8 cm³/mol. The third-order valence-electron chi connectivity index (χ3n) is 0.211. The Morgan fingerprint density at radius 2 is 1.67 bits per heavy atom. The van der Waals surface area contributed by atoms with Gasteiger partial charge in [0.1, 0.15) is 0 Å².